The number of aliphatic hydroxyl groups excluding tert-OH is 3. The molecule has 0 bridgehead atoms. The van der Waals surface area contributed by atoms with E-state index in [2.05, 4.69) is 26.1 Å². The zero-order chi connectivity index (χ0) is 28.0. The van der Waals surface area contributed by atoms with Gasteiger partial charge in [-0.05, 0) is 97.7 Å². The van der Waals surface area contributed by atoms with Gasteiger partial charge in [0.2, 0.25) is 5.91 Å². The van der Waals surface area contributed by atoms with Gasteiger partial charge in [-0.15, -0.1) is 0 Å². The van der Waals surface area contributed by atoms with E-state index in [1.165, 1.54) is 0 Å². The average molecular weight is 580 g/mol. The molecular formula is C29H50NNaO7S. The second-order valence-corrected chi connectivity index (χ2v) is 15.4. The molecule has 0 aromatic heterocycles. The van der Waals surface area contributed by atoms with E-state index in [9.17, 15) is 33.1 Å². The summed E-state index contributed by atoms with van der Waals surface area (Å²) in [6, 6.07) is 0. The molecule has 4 fully saturated rings. The zero-order valence-electron chi connectivity index (χ0n) is 24.6. The minimum Gasteiger partial charge on any atom is -0.748 e. The molecule has 0 unspecified atom stereocenters. The summed E-state index contributed by atoms with van der Waals surface area (Å²) in [6.45, 7) is 8.55. The van der Waals surface area contributed by atoms with Gasteiger partial charge >= 0.3 is 29.6 Å². The Bertz CT molecular complexity index is 965. The van der Waals surface area contributed by atoms with Crippen LogP contribution in [0.2, 0.25) is 0 Å². The van der Waals surface area contributed by atoms with Gasteiger partial charge in [-0.3, -0.25) is 4.79 Å². The third kappa shape index (κ3) is 6.76. The first kappa shape index (κ1) is 33.8. The molecule has 0 aromatic carbocycles. The molecule has 4 rings (SSSR count). The van der Waals surface area contributed by atoms with Gasteiger partial charge in [0, 0.05) is 12.5 Å². The van der Waals surface area contributed by atoms with Gasteiger partial charge in [0.1, 0.15) is 0 Å². The summed E-state index contributed by atoms with van der Waals surface area (Å²) in [5, 5.41) is 36.0. The fraction of sp³-hybridized carbons (Fsp3) is 0.966. The van der Waals surface area contributed by atoms with Crippen molar-refractivity contribution in [2.75, 3.05) is 12.3 Å². The molecule has 4 aliphatic rings. The Balaban J connectivity index is 0.00000420. The number of rotatable bonds is 9. The maximum Gasteiger partial charge on any atom is 1.00 e. The molecule has 12 atom stereocenters. The first-order chi connectivity index (χ1) is 17.7. The smallest absolute Gasteiger partial charge is 0.748 e. The number of aliphatic hydroxyl groups is 3. The maximum absolute atomic E-state index is 12.3. The quantitative estimate of drug-likeness (QED) is 0.223. The Morgan fingerprint density at radius 3 is 2.38 bits per heavy atom. The van der Waals surface area contributed by atoms with Crippen molar-refractivity contribution in [2.24, 2.45) is 52.3 Å². The van der Waals surface area contributed by atoms with E-state index in [-0.39, 0.29) is 76.9 Å². The van der Waals surface area contributed by atoms with Crippen LogP contribution in [0.15, 0.2) is 0 Å². The summed E-state index contributed by atoms with van der Waals surface area (Å²) in [4.78, 5) is 12.3. The number of hydrogen-bond acceptors (Lipinski definition) is 7. The molecule has 8 nitrogen and oxygen atoms in total. The van der Waals surface area contributed by atoms with E-state index >= 15 is 0 Å². The molecule has 4 aliphatic carbocycles. The molecular weight excluding hydrogens is 529 g/mol. The molecule has 0 saturated heterocycles. The van der Waals surface area contributed by atoms with Gasteiger partial charge in [0.15, 0.2) is 0 Å². The van der Waals surface area contributed by atoms with Crippen molar-refractivity contribution in [3.05, 3.63) is 0 Å². The van der Waals surface area contributed by atoms with Crippen molar-refractivity contribution in [2.45, 2.75) is 110 Å². The topological polar surface area (TPSA) is 147 Å². The third-order valence-corrected chi connectivity index (χ3v) is 12.6. The monoisotopic (exact) mass is 579 g/mol. The number of carbonyl (C=O) groups excluding carboxylic acids is 1. The van der Waals surface area contributed by atoms with E-state index in [4.69, 9.17) is 0 Å². The number of fused-ring (bicyclic) bond motifs is 5. The second kappa shape index (κ2) is 12.9. The van der Waals surface area contributed by atoms with E-state index in [1.54, 1.807) is 0 Å². The minimum atomic E-state index is -4.34. The van der Waals surface area contributed by atoms with Gasteiger partial charge < -0.3 is 25.2 Å². The number of nitrogens with one attached hydrogen (secondary N) is 1. The van der Waals surface area contributed by atoms with Gasteiger partial charge in [0.05, 0.1) is 34.2 Å². The van der Waals surface area contributed by atoms with Crippen LogP contribution in [0.1, 0.15) is 91.9 Å². The summed E-state index contributed by atoms with van der Waals surface area (Å²) in [5.74, 6) is 0.780. The summed E-state index contributed by atoms with van der Waals surface area (Å²) in [6.07, 6.45) is 7.59. The van der Waals surface area contributed by atoms with Gasteiger partial charge in [0.25, 0.3) is 0 Å². The van der Waals surface area contributed by atoms with Crippen LogP contribution in [-0.2, 0) is 14.9 Å². The van der Waals surface area contributed by atoms with Crippen LogP contribution in [0.4, 0.5) is 0 Å². The largest absolute Gasteiger partial charge is 1.00 e. The maximum atomic E-state index is 12.3. The first-order valence-electron chi connectivity index (χ1n) is 14.9. The number of carbonyl (C=O) groups is 1. The zero-order valence-corrected chi connectivity index (χ0v) is 27.5. The van der Waals surface area contributed by atoms with Gasteiger partial charge in [-0.1, -0.05) is 40.5 Å². The van der Waals surface area contributed by atoms with Crippen molar-refractivity contribution in [3.8, 4) is 0 Å². The molecule has 0 heterocycles. The first-order valence-corrected chi connectivity index (χ1v) is 16.5. The number of amides is 1. The Labute approximate surface area is 257 Å². The van der Waals surface area contributed by atoms with Crippen molar-refractivity contribution < 1.29 is 62.6 Å². The fourth-order valence-electron chi connectivity index (χ4n) is 9.68. The molecule has 1 amide bonds. The van der Waals surface area contributed by atoms with Crippen LogP contribution in [0.3, 0.4) is 0 Å². The molecule has 0 aromatic rings. The van der Waals surface area contributed by atoms with E-state index in [0.717, 1.165) is 57.8 Å². The molecule has 4 saturated carbocycles. The molecule has 0 radical (unpaired) electrons. The van der Waals surface area contributed by atoms with Crippen LogP contribution in [0, 0.1) is 52.3 Å². The Morgan fingerprint density at radius 1 is 1.03 bits per heavy atom. The van der Waals surface area contributed by atoms with E-state index in [1.807, 2.05) is 6.92 Å². The van der Waals surface area contributed by atoms with Crippen LogP contribution in [-0.4, -0.2) is 64.8 Å². The second-order valence-electron chi connectivity index (χ2n) is 13.9. The normalized spacial score (nSPS) is 43.3. The van der Waals surface area contributed by atoms with Crippen molar-refractivity contribution in [3.63, 3.8) is 0 Å². The SMILES string of the molecule is C[C@H](CCC[C@@H](C)[C@H]1CC[C@H]2[C@@H]3[C@H](O)C[C@@H]4C[C@H](O)CC[C@]4(C)[C@H]3C[C@H](O)[C@]12C)C(=O)NCCS(=O)(=O)[O-].[Na+]. The minimum absolute atomic E-state index is 0. The fourth-order valence-corrected chi connectivity index (χ4v) is 10.0. The molecule has 4 N–H and O–H groups in total. The Hall–Kier alpha value is 0.260. The Morgan fingerprint density at radius 2 is 1.72 bits per heavy atom. The van der Waals surface area contributed by atoms with Crippen molar-refractivity contribution in [1.82, 2.24) is 5.32 Å². The molecule has 0 spiro atoms. The van der Waals surface area contributed by atoms with Gasteiger partial charge in [-0.25, -0.2) is 8.42 Å². The summed E-state index contributed by atoms with van der Waals surface area (Å²) >= 11 is 0. The summed E-state index contributed by atoms with van der Waals surface area (Å²) < 4.78 is 32.2. The van der Waals surface area contributed by atoms with Crippen LogP contribution in [0.25, 0.3) is 0 Å². The number of hydrogen-bond donors (Lipinski definition) is 4. The summed E-state index contributed by atoms with van der Waals surface area (Å²) in [7, 11) is -4.34. The molecule has 10 heteroatoms. The third-order valence-electron chi connectivity index (χ3n) is 11.9. The van der Waals surface area contributed by atoms with Gasteiger partial charge in [-0.2, -0.15) is 0 Å². The van der Waals surface area contributed by atoms with Crippen LogP contribution in [0.5, 0.6) is 0 Å². The predicted molar refractivity (Wildman–Crippen MR) is 144 cm³/mol. The molecule has 220 valence electrons. The Kier molecular flexibility index (Phi) is 11.1. The molecule has 0 aliphatic heterocycles. The van der Waals surface area contributed by atoms with Crippen molar-refractivity contribution in [1.29, 1.82) is 0 Å². The van der Waals surface area contributed by atoms with E-state index < -0.39 is 22.0 Å². The van der Waals surface area contributed by atoms with Crippen molar-refractivity contribution >= 4 is 16.0 Å². The molecule has 39 heavy (non-hydrogen) atoms. The van der Waals surface area contributed by atoms with E-state index in [0.29, 0.717) is 36.0 Å². The predicted octanol–water partition coefficient (Wildman–Crippen LogP) is 0.0557. The van der Waals surface area contributed by atoms with Crippen LogP contribution >= 0.6 is 0 Å². The van der Waals surface area contributed by atoms with Crippen LogP contribution < -0.4 is 34.9 Å². The standard InChI is InChI=1S/C29H51NO7S.Na/c1-17(6-5-7-18(2)27(34)30-12-13-38(35,36)37)21-8-9-22-26-23(16-25(33)29(21,22)4)28(3)11-10-20(31)14-19(28)15-24(26)32;/h17-26,31-33H,5-16H2,1-4H3,(H,30,34)(H,35,36,37);/q;+1/p-1/t17-,18-,19+,20-,21-,22+,23+,24-,25+,26+,28+,29-;/m1./s1. The summed E-state index contributed by atoms with van der Waals surface area (Å²) in [5.41, 5.74) is -0.157. The average Bonchev–Trinajstić information content (AvgIpc) is 3.18.